The predicted molar refractivity (Wildman–Crippen MR) is 114 cm³/mol. The highest BCUT2D eigenvalue weighted by Crippen LogP contribution is 2.25. The molecule has 0 radical (unpaired) electrons. The van der Waals surface area contributed by atoms with E-state index < -0.39 is 11.5 Å². The van der Waals surface area contributed by atoms with E-state index in [-0.39, 0.29) is 5.97 Å². The van der Waals surface area contributed by atoms with Gasteiger partial charge in [0.2, 0.25) is 0 Å². The smallest absolute Gasteiger partial charge is 0.338 e. The number of pyridine rings is 1. The summed E-state index contributed by atoms with van der Waals surface area (Å²) in [6, 6.07) is 10.4. The van der Waals surface area contributed by atoms with Gasteiger partial charge >= 0.3 is 5.97 Å². The number of amides is 1. The van der Waals surface area contributed by atoms with E-state index in [0.717, 1.165) is 31.7 Å². The number of benzene rings is 1. The van der Waals surface area contributed by atoms with E-state index in [4.69, 9.17) is 10.5 Å². The molecule has 1 saturated heterocycles. The number of carbonyl (C=O) groups excluding carboxylic acids is 2. The van der Waals surface area contributed by atoms with E-state index in [0.29, 0.717) is 22.6 Å². The van der Waals surface area contributed by atoms with Crippen LogP contribution in [0.5, 0.6) is 0 Å². The van der Waals surface area contributed by atoms with Gasteiger partial charge in [-0.15, -0.1) is 0 Å². The summed E-state index contributed by atoms with van der Waals surface area (Å²) in [5.74, 6) is 0.302. The Morgan fingerprint density at radius 1 is 1.03 bits per heavy atom. The zero-order chi connectivity index (χ0) is 21.0. The van der Waals surface area contributed by atoms with Gasteiger partial charge in [0.1, 0.15) is 17.2 Å². The van der Waals surface area contributed by atoms with Crippen molar-refractivity contribution in [1.29, 1.82) is 0 Å². The molecule has 1 aliphatic heterocycles. The van der Waals surface area contributed by atoms with Gasteiger partial charge < -0.3 is 20.7 Å². The van der Waals surface area contributed by atoms with Crippen LogP contribution in [0.4, 0.5) is 17.3 Å². The maximum Gasteiger partial charge on any atom is 0.338 e. The highest BCUT2D eigenvalue weighted by Gasteiger charge is 2.19. The molecule has 0 unspecified atom stereocenters. The second-order valence-electron chi connectivity index (χ2n) is 8.18. The van der Waals surface area contributed by atoms with Crippen molar-refractivity contribution < 1.29 is 14.3 Å². The first-order valence-electron chi connectivity index (χ1n) is 9.89. The molecule has 1 aliphatic rings. The number of primary amides is 1. The fourth-order valence-electron chi connectivity index (χ4n) is 3.21. The molecule has 0 spiro atoms. The lowest BCUT2D eigenvalue weighted by molar-refractivity contribution is 0.00694. The summed E-state index contributed by atoms with van der Waals surface area (Å²) in [5, 5.41) is 3.16. The Morgan fingerprint density at radius 3 is 2.28 bits per heavy atom. The topological polar surface area (TPSA) is 97.6 Å². The number of esters is 1. The molecule has 2 aromatic rings. The molecule has 0 saturated carbocycles. The second-order valence-corrected chi connectivity index (χ2v) is 8.18. The van der Waals surface area contributed by atoms with Crippen molar-refractivity contribution in [2.75, 3.05) is 23.3 Å². The summed E-state index contributed by atoms with van der Waals surface area (Å²) < 4.78 is 5.38. The van der Waals surface area contributed by atoms with E-state index in [2.05, 4.69) is 15.2 Å². The Bertz CT molecular complexity index is 882. The van der Waals surface area contributed by atoms with Crippen LogP contribution in [0.3, 0.4) is 0 Å². The number of hydrogen-bond acceptors (Lipinski definition) is 6. The number of hydrogen-bond donors (Lipinski definition) is 2. The van der Waals surface area contributed by atoms with Crippen molar-refractivity contribution in [2.24, 2.45) is 5.73 Å². The van der Waals surface area contributed by atoms with E-state index >= 15 is 0 Å². The largest absolute Gasteiger partial charge is 0.456 e. The van der Waals surface area contributed by atoms with Crippen molar-refractivity contribution in [3.8, 4) is 0 Å². The SMILES string of the molecule is CC(C)(C)OC(=O)c1ccc(Nc2nc(N3CCCCC3)ccc2C(N)=O)cc1. The number of rotatable bonds is 5. The third-order valence-electron chi connectivity index (χ3n) is 4.61. The zero-order valence-corrected chi connectivity index (χ0v) is 17.2. The molecule has 1 fully saturated rings. The second kappa shape index (κ2) is 8.51. The fourth-order valence-corrected chi connectivity index (χ4v) is 3.21. The van der Waals surface area contributed by atoms with Gasteiger partial charge in [-0.2, -0.15) is 0 Å². The minimum Gasteiger partial charge on any atom is -0.456 e. The highest BCUT2D eigenvalue weighted by atomic mass is 16.6. The lowest BCUT2D eigenvalue weighted by Crippen LogP contribution is -2.30. The number of piperidine rings is 1. The average molecular weight is 396 g/mol. The Balaban J connectivity index is 1.80. The first-order chi connectivity index (χ1) is 13.7. The van der Waals surface area contributed by atoms with Crippen LogP contribution in [0.2, 0.25) is 0 Å². The Hall–Kier alpha value is -3.09. The molecule has 7 heteroatoms. The fraction of sp³-hybridized carbons (Fsp3) is 0.409. The van der Waals surface area contributed by atoms with Gasteiger partial charge in [0.05, 0.1) is 11.1 Å². The molecule has 7 nitrogen and oxygen atoms in total. The molecule has 0 bridgehead atoms. The van der Waals surface area contributed by atoms with Gasteiger partial charge in [-0.3, -0.25) is 4.79 Å². The predicted octanol–water partition coefficient (Wildman–Crippen LogP) is 3.87. The summed E-state index contributed by atoms with van der Waals surface area (Å²) >= 11 is 0. The van der Waals surface area contributed by atoms with Crippen LogP contribution in [-0.4, -0.2) is 35.6 Å². The third kappa shape index (κ3) is 5.47. The van der Waals surface area contributed by atoms with Crippen molar-refractivity contribution >= 4 is 29.2 Å². The lowest BCUT2D eigenvalue weighted by Gasteiger charge is -2.28. The molecule has 1 amide bonds. The van der Waals surface area contributed by atoms with Crippen molar-refractivity contribution in [1.82, 2.24) is 4.98 Å². The van der Waals surface area contributed by atoms with E-state index in [9.17, 15) is 9.59 Å². The number of aromatic nitrogens is 1. The Morgan fingerprint density at radius 2 is 1.69 bits per heavy atom. The maximum absolute atomic E-state index is 12.2. The van der Waals surface area contributed by atoms with Gasteiger partial charge in [-0.25, -0.2) is 9.78 Å². The summed E-state index contributed by atoms with van der Waals surface area (Å²) in [7, 11) is 0. The minimum absolute atomic E-state index is 0.321. The van der Waals surface area contributed by atoms with E-state index in [1.54, 1.807) is 30.3 Å². The monoisotopic (exact) mass is 396 g/mol. The molecule has 2 heterocycles. The van der Waals surface area contributed by atoms with Crippen LogP contribution >= 0.6 is 0 Å². The van der Waals surface area contributed by atoms with Gasteiger partial charge in [0.25, 0.3) is 5.91 Å². The molecule has 3 N–H and O–H groups in total. The summed E-state index contributed by atoms with van der Waals surface area (Å²) in [4.78, 5) is 30.9. The Kier molecular flexibility index (Phi) is 6.06. The lowest BCUT2D eigenvalue weighted by atomic mass is 10.1. The normalized spacial score (nSPS) is 14.4. The van der Waals surface area contributed by atoms with Gasteiger partial charge in [0.15, 0.2) is 0 Å². The Labute approximate surface area is 171 Å². The minimum atomic E-state index is -0.552. The van der Waals surface area contributed by atoms with Crippen molar-refractivity contribution in [2.45, 2.75) is 45.6 Å². The van der Waals surface area contributed by atoms with E-state index in [1.807, 2.05) is 26.8 Å². The summed E-state index contributed by atoms with van der Waals surface area (Å²) in [5.41, 5.74) is 6.45. The molecule has 1 aromatic carbocycles. The number of carbonyl (C=O) groups is 2. The maximum atomic E-state index is 12.2. The number of nitrogens with two attached hydrogens (primary N) is 1. The zero-order valence-electron chi connectivity index (χ0n) is 17.2. The highest BCUT2D eigenvalue weighted by molar-refractivity contribution is 5.98. The number of ether oxygens (including phenoxy) is 1. The average Bonchev–Trinajstić information content (AvgIpc) is 2.67. The van der Waals surface area contributed by atoms with Crippen molar-refractivity contribution in [3.05, 3.63) is 47.5 Å². The number of nitrogens with one attached hydrogen (secondary N) is 1. The van der Waals surface area contributed by atoms with Crippen LogP contribution < -0.4 is 16.0 Å². The molecule has 1 aromatic heterocycles. The van der Waals surface area contributed by atoms with Crippen LogP contribution in [0.25, 0.3) is 0 Å². The summed E-state index contributed by atoms with van der Waals surface area (Å²) in [6.45, 7) is 7.38. The first-order valence-corrected chi connectivity index (χ1v) is 9.89. The molecule has 3 rings (SSSR count). The molecule has 154 valence electrons. The van der Waals surface area contributed by atoms with E-state index in [1.165, 1.54) is 6.42 Å². The molecular formula is C22H28N4O3. The van der Waals surface area contributed by atoms with Gasteiger partial charge in [0, 0.05) is 18.8 Å². The van der Waals surface area contributed by atoms with Crippen LogP contribution in [0, 0.1) is 0 Å². The quantitative estimate of drug-likeness (QED) is 0.745. The molecule has 0 atom stereocenters. The number of anilines is 3. The molecular weight excluding hydrogens is 368 g/mol. The standard InChI is InChI=1S/C22H28N4O3/c1-22(2,3)29-21(28)15-7-9-16(10-8-15)24-20-17(19(23)27)11-12-18(25-20)26-13-5-4-6-14-26/h7-12H,4-6,13-14H2,1-3H3,(H2,23,27)(H,24,25). The number of nitrogens with zero attached hydrogens (tertiary/aromatic N) is 2. The first kappa shape index (κ1) is 20.6. The van der Waals surface area contributed by atoms with Crippen LogP contribution in [0.1, 0.15) is 60.7 Å². The van der Waals surface area contributed by atoms with Gasteiger partial charge in [-0.05, 0) is 76.4 Å². The van der Waals surface area contributed by atoms with Gasteiger partial charge in [-0.1, -0.05) is 0 Å². The van der Waals surface area contributed by atoms with Crippen molar-refractivity contribution in [3.63, 3.8) is 0 Å². The molecule has 0 aliphatic carbocycles. The van der Waals surface area contributed by atoms with Crippen LogP contribution in [-0.2, 0) is 4.74 Å². The van der Waals surface area contributed by atoms with Crippen LogP contribution in [0.15, 0.2) is 36.4 Å². The molecule has 29 heavy (non-hydrogen) atoms. The third-order valence-corrected chi connectivity index (χ3v) is 4.61. The summed E-state index contributed by atoms with van der Waals surface area (Å²) in [6.07, 6.45) is 3.49.